The average molecular weight is 1280 g/mol. The summed E-state index contributed by atoms with van der Waals surface area (Å²) in [7, 11) is 0. The Bertz CT molecular complexity index is 1870. The molecule has 0 aromatic carbocycles. The van der Waals surface area contributed by atoms with Crippen LogP contribution >= 0.6 is 0 Å². The van der Waals surface area contributed by atoms with E-state index in [9.17, 15) is 4.79 Å². The maximum absolute atomic E-state index is 15.6. The second kappa shape index (κ2) is 46.1. The van der Waals surface area contributed by atoms with E-state index in [1.165, 1.54) is 135 Å². The minimum Gasteiger partial charge on any atom is -0.502 e. The monoisotopic (exact) mass is 1280 g/mol. The van der Waals surface area contributed by atoms with Gasteiger partial charge in [-0.15, -0.1) is 0 Å². The van der Waals surface area contributed by atoms with Crippen LogP contribution in [0.5, 0.6) is 0 Å². The van der Waals surface area contributed by atoms with Crippen molar-refractivity contribution in [2.75, 3.05) is 46.2 Å². The predicted octanol–water partition coefficient (Wildman–Crippen LogP) is 20.7. The summed E-state index contributed by atoms with van der Waals surface area (Å²) >= 11 is 0. The number of rotatable bonds is 46. The van der Waals surface area contributed by atoms with Gasteiger partial charge in [0.2, 0.25) is 0 Å². The van der Waals surface area contributed by atoms with Crippen LogP contribution in [-0.4, -0.2) is 101 Å². The minimum atomic E-state index is -0.280. The third-order valence-corrected chi connectivity index (χ3v) is 23.9. The molecule has 7 aliphatic carbocycles. The van der Waals surface area contributed by atoms with Crippen molar-refractivity contribution in [3.8, 4) is 0 Å². The van der Waals surface area contributed by atoms with Gasteiger partial charge >= 0.3 is 11.9 Å². The number of carbonyl (C=O) groups is 2. The Labute approximate surface area is 557 Å². The highest BCUT2D eigenvalue weighted by Crippen LogP contribution is 2.50. The van der Waals surface area contributed by atoms with E-state index in [4.69, 9.17) is 42.6 Å². The topological polar surface area (TPSA) is 117 Å². The summed E-state index contributed by atoms with van der Waals surface area (Å²) < 4.78 is 58.0. The van der Waals surface area contributed by atoms with E-state index in [1.54, 1.807) is 6.26 Å². The van der Waals surface area contributed by atoms with Gasteiger partial charge in [-0.05, 0) is 246 Å². The number of unbranched alkanes of at least 4 members (excludes halogenated alkanes) is 17. The van der Waals surface area contributed by atoms with Gasteiger partial charge in [-0.2, -0.15) is 0 Å². The summed E-state index contributed by atoms with van der Waals surface area (Å²) in [5.74, 6) is 4.05. The molecule has 0 amide bonds. The average Bonchev–Trinajstić information content (AvgIpc) is 3.70. The molecule has 7 aliphatic rings. The lowest BCUT2D eigenvalue weighted by Crippen LogP contribution is -2.47. The summed E-state index contributed by atoms with van der Waals surface area (Å²) in [6, 6.07) is 0. The molecule has 0 N–H and O–H groups in total. The summed E-state index contributed by atoms with van der Waals surface area (Å²) in [4.78, 5) is 30.3. The van der Waals surface area contributed by atoms with Crippen molar-refractivity contribution in [2.45, 2.75) is 365 Å². The van der Waals surface area contributed by atoms with Gasteiger partial charge in [-0.1, -0.05) is 137 Å². The van der Waals surface area contributed by atoms with Crippen molar-refractivity contribution in [1.29, 1.82) is 0 Å². The van der Waals surface area contributed by atoms with Crippen LogP contribution in [0.2, 0.25) is 0 Å². The summed E-state index contributed by atoms with van der Waals surface area (Å²) in [6.45, 7) is 19.7. The first kappa shape index (κ1) is 76.2. The van der Waals surface area contributed by atoms with E-state index in [0.29, 0.717) is 85.5 Å². The van der Waals surface area contributed by atoms with Gasteiger partial charge in [0.25, 0.3) is 0 Å². The molecule has 11 atom stereocenters. The highest BCUT2D eigenvalue weighted by molar-refractivity contribution is 5.73. The molecule has 7 rings (SSSR count). The third-order valence-electron chi connectivity index (χ3n) is 23.9. The molecule has 526 valence electrons. The van der Waals surface area contributed by atoms with Gasteiger partial charge in [0.05, 0.1) is 68.1 Å². The molecule has 0 radical (unpaired) electrons. The van der Waals surface area contributed by atoms with Crippen molar-refractivity contribution in [3.63, 3.8) is 0 Å². The smallest absolute Gasteiger partial charge is 0.309 e. The van der Waals surface area contributed by atoms with Crippen LogP contribution in [0.25, 0.3) is 0 Å². The lowest BCUT2D eigenvalue weighted by Gasteiger charge is -2.46. The van der Waals surface area contributed by atoms with Crippen molar-refractivity contribution in [3.05, 3.63) is 25.7 Å². The molecule has 0 aliphatic heterocycles. The van der Waals surface area contributed by atoms with Crippen LogP contribution in [0, 0.1) is 59.2 Å². The Morgan fingerprint density at radius 1 is 0.319 bits per heavy atom. The SMILES string of the molecule is C=COCCCCCCCCOC1CCC(C2CCC(OCCCCCCOC=C)C(OC(=O)C3CCC[C@@H](C4CCC(OCCCCCC)CC4)C3)C2)CC1OC(=O)C1CC(C2CCC(OCCCCCC)CC2)CCC1C1CCC(OCCCCCC)CC1. The highest BCUT2D eigenvalue weighted by atomic mass is 16.6. The zero-order valence-corrected chi connectivity index (χ0v) is 59.1. The molecule has 0 aromatic rings. The van der Waals surface area contributed by atoms with Gasteiger partial charge in [-0.3, -0.25) is 9.59 Å². The van der Waals surface area contributed by atoms with Gasteiger partial charge in [0.1, 0.15) is 12.2 Å². The van der Waals surface area contributed by atoms with Crippen LogP contribution in [0.4, 0.5) is 0 Å². The molecule has 0 spiro atoms. The van der Waals surface area contributed by atoms with Crippen LogP contribution in [0.3, 0.4) is 0 Å². The molecule has 7 fully saturated rings. The molecule has 0 saturated heterocycles. The zero-order chi connectivity index (χ0) is 63.9. The van der Waals surface area contributed by atoms with Crippen molar-refractivity contribution in [2.24, 2.45) is 59.2 Å². The van der Waals surface area contributed by atoms with Gasteiger partial charge < -0.3 is 42.6 Å². The maximum atomic E-state index is 15.6. The Kier molecular flexibility index (Phi) is 38.6. The highest BCUT2D eigenvalue weighted by Gasteiger charge is 2.47. The predicted molar refractivity (Wildman–Crippen MR) is 370 cm³/mol. The van der Waals surface area contributed by atoms with E-state index >= 15 is 4.79 Å². The second-order valence-corrected chi connectivity index (χ2v) is 30.4. The lowest BCUT2D eigenvalue weighted by atomic mass is 9.61. The van der Waals surface area contributed by atoms with E-state index < -0.39 is 0 Å². The number of ether oxygens (including phenoxy) is 9. The number of carbonyl (C=O) groups excluding carboxylic acids is 2. The molecule has 11 nitrogen and oxygen atoms in total. The summed E-state index contributed by atoms with van der Waals surface area (Å²) in [6.07, 6.45) is 56.4. The Morgan fingerprint density at radius 3 is 1.11 bits per heavy atom. The summed E-state index contributed by atoms with van der Waals surface area (Å²) in [5, 5.41) is 0. The second-order valence-electron chi connectivity index (χ2n) is 30.4. The normalized spacial score (nSPS) is 32.4. The fourth-order valence-corrected chi connectivity index (χ4v) is 18.3. The quantitative estimate of drug-likeness (QED) is 0.0329. The Balaban J connectivity index is 1.02. The number of esters is 2. The van der Waals surface area contributed by atoms with Gasteiger partial charge in [0.15, 0.2) is 0 Å². The van der Waals surface area contributed by atoms with Crippen LogP contribution in [0.1, 0.15) is 323 Å². The van der Waals surface area contributed by atoms with Crippen LogP contribution < -0.4 is 0 Å². The first-order valence-corrected chi connectivity index (χ1v) is 39.7. The molecule has 7 saturated carbocycles. The molecule has 11 heteroatoms. The zero-order valence-electron chi connectivity index (χ0n) is 59.1. The van der Waals surface area contributed by atoms with E-state index in [1.807, 2.05) is 0 Å². The molecule has 10 unspecified atom stereocenters. The molecule has 91 heavy (non-hydrogen) atoms. The van der Waals surface area contributed by atoms with Crippen molar-refractivity contribution >= 4 is 11.9 Å². The maximum Gasteiger partial charge on any atom is 0.309 e. The molecular formula is C80H140O11. The fraction of sp³-hybridized carbons (Fsp3) is 0.925. The minimum absolute atomic E-state index is 0.0174. The van der Waals surface area contributed by atoms with Gasteiger partial charge in [0, 0.05) is 33.0 Å². The molecule has 0 heterocycles. The van der Waals surface area contributed by atoms with E-state index in [2.05, 4.69) is 33.9 Å². The van der Waals surface area contributed by atoms with Crippen molar-refractivity contribution in [1.82, 2.24) is 0 Å². The number of hydrogen-bond acceptors (Lipinski definition) is 11. The fourth-order valence-electron chi connectivity index (χ4n) is 18.3. The van der Waals surface area contributed by atoms with E-state index in [-0.39, 0.29) is 48.2 Å². The largest absolute Gasteiger partial charge is 0.502 e. The first-order chi connectivity index (χ1) is 44.8. The standard InChI is InChI=1S/C80H140O11/c1-6-11-14-25-53-85-70-42-33-62(34-43-70)65-31-30-32-69(58-65)79(81)90-77-60-67(40-49-75(77)88-57-29-22-21-24-52-84-10-5)68-41-50-76(89-56-28-20-18-17-19-23-51-83-9-4)78(61-68)91-80(82)74-59-66(63-35-44-71(45-36-63)86-54-26-15-12-7-2)39-48-73(74)64-37-46-72(47-38-64)87-55-27-16-13-8-3/h9-10,62-78H,4-8,11-61H2,1-3H3/t62?,63?,64?,65-,66?,67?,68?,69?,70?,71?,72?,73?,74?,75?,76?,77?,78?/m1/s1. The third kappa shape index (κ3) is 28.1. The lowest BCUT2D eigenvalue weighted by molar-refractivity contribution is -0.179. The van der Waals surface area contributed by atoms with E-state index in [0.717, 1.165) is 200 Å². The Hall–Kier alpha value is -2.18. The van der Waals surface area contributed by atoms with Gasteiger partial charge in [-0.25, -0.2) is 0 Å². The Morgan fingerprint density at radius 2 is 0.670 bits per heavy atom. The molecule has 0 bridgehead atoms. The molecular weight excluding hydrogens is 1140 g/mol. The molecule has 0 aromatic heterocycles. The number of hydrogen-bond donors (Lipinski definition) is 0. The first-order valence-electron chi connectivity index (χ1n) is 39.7. The van der Waals surface area contributed by atoms with Crippen molar-refractivity contribution < 1.29 is 52.2 Å². The summed E-state index contributed by atoms with van der Waals surface area (Å²) in [5.41, 5.74) is 0. The van der Waals surface area contributed by atoms with Crippen LogP contribution in [-0.2, 0) is 52.2 Å². The van der Waals surface area contributed by atoms with Crippen LogP contribution in [0.15, 0.2) is 25.7 Å².